The highest BCUT2D eigenvalue weighted by atomic mass is 32.1. The Morgan fingerprint density at radius 1 is 1.53 bits per heavy atom. The Hall–Kier alpha value is -0.380. The van der Waals surface area contributed by atoms with Crippen molar-refractivity contribution in [3.8, 4) is 0 Å². The predicted octanol–water partition coefficient (Wildman–Crippen LogP) is 3.39. The van der Waals surface area contributed by atoms with Crippen molar-refractivity contribution in [2.24, 2.45) is 5.92 Å². The quantitative estimate of drug-likeness (QED) is 0.823. The maximum atomic E-state index is 3.73. The molecule has 2 atom stereocenters. The van der Waals surface area contributed by atoms with Crippen molar-refractivity contribution in [2.75, 3.05) is 26.2 Å². The Morgan fingerprint density at radius 3 is 3.16 bits per heavy atom. The minimum atomic E-state index is 0.651. The highest BCUT2D eigenvalue weighted by Gasteiger charge is 2.23. The number of likely N-dealkylation sites (tertiary alicyclic amines) is 1. The second-order valence-corrected chi connectivity index (χ2v) is 6.61. The molecule has 0 aliphatic carbocycles. The summed E-state index contributed by atoms with van der Waals surface area (Å²) in [6.45, 7) is 9.65. The van der Waals surface area contributed by atoms with Gasteiger partial charge in [0.05, 0.1) is 0 Å². The van der Waals surface area contributed by atoms with Crippen molar-refractivity contribution < 1.29 is 0 Å². The Bertz CT molecular complexity index is 335. The first-order chi connectivity index (χ1) is 9.29. The van der Waals surface area contributed by atoms with Crippen LogP contribution in [-0.2, 0) is 6.42 Å². The monoisotopic (exact) mass is 280 g/mol. The van der Waals surface area contributed by atoms with E-state index in [-0.39, 0.29) is 0 Å². The van der Waals surface area contributed by atoms with E-state index in [0.29, 0.717) is 6.04 Å². The van der Waals surface area contributed by atoms with Gasteiger partial charge in [-0.3, -0.25) is 0 Å². The third kappa shape index (κ3) is 4.90. The lowest BCUT2D eigenvalue weighted by Gasteiger charge is -2.36. The molecule has 0 saturated carbocycles. The standard InChI is InChI=1S/C16H28N2S/c1-3-9-18-10-4-5-16(12-18)14(2)17-8-6-15-7-11-19-13-15/h7,11,13-14,16-17H,3-6,8-10,12H2,1-2H3. The zero-order chi connectivity index (χ0) is 13.5. The van der Waals surface area contributed by atoms with Crippen molar-refractivity contribution in [3.05, 3.63) is 22.4 Å². The van der Waals surface area contributed by atoms with Gasteiger partial charge in [-0.05, 0) is 80.5 Å². The topological polar surface area (TPSA) is 15.3 Å². The Labute approximate surface area is 122 Å². The molecular weight excluding hydrogens is 252 g/mol. The van der Waals surface area contributed by atoms with E-state index < -0.39 is 0 Å². The summed E-state index contributed by atoms with van der Waals surface area (Å²) >= 11 is 1.80. The van der Waals surface area contributed by atoms with Gasteiger partial charge in [0.15, 0.2) is 0 Å². The van der Waals surface area contributed by atoms with Crippen molar-refractivity contribution >= 4 is 11.3 Å². The van der Waals surface area contributed by atoms with E-state index in [9.17, 15) is 0 Å². The highest BCUT2D eigenvalue weighted by molar-refractivity contribution is 7.07. The molecule has 0 spiro atoms. The molecule has 1 aliphatic rings. The molecule has 1 N–H and O–H groups in total. The van der Waals surface area contributed by atoms with E-state index >= 15 is 0 Å². The maximum absolute atomic E-state index is 3.73. The number of nitrogens with zero attached hydrogens (tertiary/aromatic N) is 1. The Balaban J connectivity index is 1.68. The zero-order valence-electron chi connectivity index (χ0n) is 12.4. The molecular formula is C16H28N2S. The predicted molar refractivity (Wildman–Crippen MR) is 84.9 cm³/mol. The number of rotatable bonds is 7. The van der Waals surface area contributed by atoms with E-state index in [4.69, 9.17) is 0 Å². The Kier molecular flexibility index (Phi) is 6.35. The van der Waals surface area contributed by atoms with Gasteiger partial charge < -0.3 is 10.2 Å². The summed E-state index contributed by atoms with van der Waals surface area (Å²) < 4.78 is 0. The molecule has 2 rings (SSSR count). The van der Waals surface area contributed by atoms with Gasteiger partial charge in [-0.2, -0.15) is 11.3 Å². The van der Waals surface area contributed by atoms with E-state index in [1.807, 2.05) is 0 Å². The van der Waals surface area contributed by atoms with Crippen LogP contribution in [0.2, 0.25) is 0 Å². The van der Waals surface area contributed by atoms with Gasteiger partial charge in [-0.1, -0.05) is 6.92 Å². The second-order valence-electron chi connectivity index (χ2n) is 5.83. The lowest BCUT2D eigenvalue weighted by Crippen LogP contribution is -2.45. The van der Waals surface area contributed by atoms with Crippen LogP contribution in [0.1, 0.15) is 38.7 Å². The summed E-state index contributed by atoms with van der Waals surface area (Å²) in [5, 5.41) is 8.16. The Morgan fingerprint density at radius 2 is 2.42 bits per heavy atom. The van der Waals surface area contributed by atoms with Gasteiger partial charge in [0.25, 0.3) is 0 Å². The molecule has 0 aromatic carbocycles. The first-order valence-corrected chi connectivity index (χ1v) is 8.70. The maximum Gasteiger partial charge on any atom is 0.00793 e. The van der Waals surface area contributed by atoms with E-state index in [0.717, 1.165) is 12.5 Å². The average Bonchev–Trinajstić information content (AvgIpc) is 2.92. The first kappa shape index (κ1) is 15.0. The molecule has 1 fully saturated rings. The number of hydrogen-bond acceptors (Lipinski definition) is 3. The number of piperidine rings is 1. The summed E-state index contributed by atoms with van der Waals surface area (Å²) in [6, 6.07) is 2.89. The average molecular weight is 280 g/mol. The molecule has 0 amide bonds. The molecule has 19 heavy (non-hydrogen) atoms. The van der Waals surface area contributed by atoms with Crippen molar-refractivity contribution in [3.63, 3.8) is 0 Å². The van der Waals surface area contributed by atoms with Crippen LogP contribution in [0.3, 0.4) is 0 Å². The fourth-order valence-electron chi connectivity index (χ4n) is 3.06. The minimum absolute atomic E-state index is 0.651. The van der Waals surface area contributed by atoms with Gasteiger partial charge in [0.1, 0.15) is 0 Å². The van der Waals surface area contributed by atoms with Crippen LogP contribution >= 0.6 is 11.3 Å². The van der Waals surface area contributed by atoms with Gasteiger partial charge in [-0.25, -0.2) is 0 Å². The molecule has 1 saturated heterocycles. The summed E-state index contributed by atoms with van der Waals surface area (Å²) in [7, 11) is 0. The van der Waals surface area contributed by atoms with Gasteiger partial charge in [-0.15, -0.1) is 0 Å². The summed E-state index contributed by atoms with van der Waals surface area (Å²) in [5.41, 5.74) is 1.47. The fraction of sp³-hybridized carbons (Fsp3) is 0.750. The highest BCUT2D eigenvalue weighted by Crippen LogP contribution is 2.20. The summed E-state index contributed by atoms with van der Waals surface area (Å²) in [5.74, 6) is 0.836. The van der Waals surface area contributed by atoms with Crippen LogP contribution in [0, 0.1) is 5.92 Å². The molecule has 108 valence electrons. The molecule has 1 aromatic heterocycles. The molecule has 2 unspecified atom stereocenters. The molecule has 2 heterocycles. The minimum Gasteiger partial charge on any atom is -0.314 e. The number of hydrogen-bond donors (Lipinski definition) is 1. The summed E-state index contributed by atoms with van der Waals surface area (Å²) in [4.78, 5) is 2.64. The van der Waals surface area contributed by atoms with Crippen LogP contribution in [0.15, 0.2) is 16.8 Å². The molecule has 3 heteroatoms. The SMILES string of the molecule is CCCN1CCCC(C(C)NCCc2ccsc2)C1. The van der Waals surface area contributed by atoms with Gasteiger partial charge in [0, 0.05) is 12.6 Å². The third-order valence-electron chi connectivity index (χ3n) is 4.25. The molecule has 1 aliphatic heterocycles. The van der Waals surface area contributed by atoms with Crippen molar-refractivity contribution in [1.29, 1.82) is 0 Å². The third-order valence-corrected chi connectivity index (χ3v) is 4.98. The van der Waals surface area contributed by atoms with E-state index in [1.54, 1.807) is 11.3 Å². The van der Waals surface area contributed by atoms with Gasteiger partial charge in [0.2, 0.25) is 0 Å². The molecule has 0 bridgehead atoms. The van der Waals surface area contributed by atoms with Crippen molar-refractivity contribution in [2.45, 2.75) is 45.6 Å². The zero-order valence-corrected chi connectivity index (χ0v) is 13.2. The van der Waals surface area contributed by atoms with E-state index in [2.05, 4.69) is 40.9 Å². The molecule has 2 nitrogen and oxygen atoms in total. The lowest BCUT2D eigenvalue weighted by molar-refractivity contribution is 0.151. The van der Waals surface area contributed by atoms with Crippen molar-refractivity contribution in [1.82, 2.24) is 10.2 Å². The first-order valence-electron chi connectivity index (χ1n) is 7.76. The van der Waals surface area contributed by atoms with Crippen LogP contribution in [0.4, 0.5) is 0 Å². The van der Waals surface area contributed by atoms with Crippen LogP contribution in [0.5, 0.6) is 0 Å². The normalized spacial score (nSPS) is 22.5. The molecule has 0 radical (unpaired) electrons. The van der Waals surface area contributed by atoms with Crippen LogP contribution in [-0.4, -0.2) is 37.1 Å². The largest absolute Gasteiger partial charge is 0.314 e. The van der Waals surface area contributed by atoms with Crippen LogP contribution < -0.4 is 5.32 Å². The number of thiophene rings is 1. The lowest BCUT2D eigenvalue weighted by atomic mass is 9.91. The van der Waals surface area contributed by atoms with E-state index in [1.165, 1.54) is 50.9 Å². The fourth-order valence-corrected chi connectivity index (χ4v) is 3.77. The number of nitrogens with one attached hydrogen (secondary N) is 1. The second kappa shape index (κ2) is 8.03. The summed E-state index contributed by atoms with van der Waals surface area (Å²) in [6.07, 6.45) is 5.22. The van der Waals surface area contributed by atoms with Gasteiger partial charge >= 0.3 is 0 Å². The molecule has 1 aromatic rings. The smallest absolute Gasteiger partial charge is 0.00793 e. The van der Waals surface area contributed by atoms with Crippen LogP contribution in [0.25, 0.3) is 0 Å².